The number of hydrogen-bond acceptors (Lipinski definition) is 9. The summed E-state index contributed by atoms with van der Waals surface area (Å²) in [6.07, 6.45) is 4.10. The van der Waals surface area contributed by atoms with Crippen molar-refractivity contribution in [3.05, 3.63) is 70.2 Å². The number of anilines is 1. The van der Waals surface area contributed by atoms with E-state index in [1.54, 1.807) is 40.7 Å². The summed E-state index contributed by atoms with van der Waals surface area (Å²) in [4.78, 5) is 4.22. The summed E-state index contributed by atoms with van der Waals surface area (Å²) in [5, 5.41) is 4.68. The van der Waals surface area contributed by atoms with Gasteiger partial charge in [-0.05, 0) is 53.8 Å². The molecule has 0 unspecified atom stereocenters. The first-order valence-corrected chi connectivity index (χ1v) is 18.4. The molecule has 0 bridgehead atoms. The Labute approximate surface area is 249 Å². The van der Waals surface area contributed by atoms with E-state index in [9.17, 15) is 25.9 Å². The SMILES string of the molecule is O=S(=O)(O)CCCN1C(=Cc2sc3ccc4occc4c3[n+]2CCCS(=O)(=O)O)Sc2ccc(-c3cccs3)cc21. The number of aryl methyl sites for hydroxylation is 1. The third kappa shape index (κ3) is 6.23. The Balaban J connectivity index is 1.43. The van der Waals surface area contributed by atoms with Crippen molar-refractivity contribution in [1.82, 2.24) is 0 Å². The van der Waals surface area contributed by atoms with Gasteiger partial charge in [0.05, 0.1) is 39.9 Å². The zero-order valence-corrected chi connectivity index (χ0v) is 25.5. The number of rotatable bonds is 10. The summed E-state index contributed by atoms with van der Waals surface area (Å²) in [5.41, 5.74) is 3.65. The molecule has 0 amide bonds. The van der Waals surface area contributed by atoms with Crippen molar-refractivity contribution in [3.63, 3.8) is 0 Å². The van der Waals surface area contributed by atoms with Crippen LogP contribution in [-0.4, -0.2) is 44.0 Å². The van der Waals surface area contributed by atoms with Crippen LogP contribution >= 0.6 is 34.4 Å². The standard InChI is InChI=1S/C27H24N2O7S5/c30-40(31,32)14-2-10-28-20-16-18(22-4-1-13-37-22)5-7-23(20)38-25(28)17-26-29(11-3-15-41(33,34)35)27-19-9-12-36-21(19)6-8-24(27)39-26/h1,4-9,12-13,16-17H,2-3,10-11,14-15H2,(H-,30,31,32,33,34,35)/p+1. The van der Waals surface area contributed by atoms with Gasteiger partial charge in [-0.15, -0.1) is 11.3 Å². The van der Waals surface area contributed by atoms with Crippen molar-refractivity contribution in [1.29, 1.82) is 0 Å². The lowest BCUT2D eigenvalue weighted by Gasteiger charge is -2.20. The molecule has 5 aromatic rings. The Kier molecular flexibility index (Phi) is 7.74. The summed E-state index contributed by atoms with van der Waals surface area (Å²) in [6, 6.07) is 16.0. The second kappa shape index (κ2) is 11.2. The van der Waals surface area contributed by atoms with E-state index in [0.29, 0.717) is 18.7 Å². The fourth-order valence-corrected chi connectivity index (χ4v) is 8.96. The number of fused-ring (bicyclic) bond motifs is 4. The van der Waals surface area contributed by atoms with Crippen molar-refractivity contribution < 1.29 is 34.9 Å². The number of nitrogens with zero attached hydrogens (tertiary/aromatic N) is 2. The molecule has 2 aromatic carbocycles. The van der Waals surface area contributed by atoms with Gasteiger partial charge in [0.2, 0.25) is 5.52 Å². The quantitative estimate of drug-likeness (QED) is 0.136. The minimum absolute atomic E-state index is 0.218. The Hall–Kier alpha value is -2.72. The van der Waals surface area contributed by atoms with E-state index in [4.69, 9.17) is 4.42 Å². The zero-order valence-electron chi connectivity index (χ0n) is 21.5. The molecule has 1 aliphatic rings. The molecule has 0 fully saturated rings. The van der Waals surface area contributed by atoms with Gasteiger partial charge in [0.25, 0.3) is 25.2 Å². The number of hydrogen-bond donors (Lipinski definition) is 2. The predicted octanol–water partition coefficient (Wildman–Crippen LogP) is 6.13. The van der Waals surface area contributed by atoms with Gasteiger partial charge < -0.3 is 9.32 Å². The first-order chi connectivity index (χ1) is 19.6. The van der Waals surface area contributed by atoms with Crippen LogP contribution in [0.25, 0.3) is 37.7 Å². The summed E-state index contributed by atoms with van der Waals surface area (Å²) in [6.45, 7) is 0.727. The molecule has 0 aliphatic carbocycles. The predicted molar refractivity (Wildman–Crippen MR) is 165 cm³/mol. The first-order valence-electron chi connectivity index (χ1n) is 12.6. The van der Waals surface area contributed by atoms with Gasteiger partial charge in [-0.2, -0.15) is 21.4 Å². The number of thiophene rings is 1. The van der Waals surface area contributed by atoms with Crippen molar-refractivity contribution in [2.45, 2.75) is 24.3 Å². The largest absolute Gasteiger partial charge is 0.464 e. The molecule has 9 nitrogen and oxygen atoms in total. The van der Waals surface area contributed by atoms with E-state index in [2.05, 4.69) is 29.2 Å². The van der Waals surface area contributed by atoms with E-state index in [1.165, 1.54) is 0 Å². The number of thiazole rings is 1. The van der Waals surface area contributed by atoms with Crippen LogP contribution in [0.1, 0.15) is 17.8 Å². The number of thioether (sulfide) groups is 1. The Morgan fingerprint density at radius 2 is 1.78 bits per heavy atom. The summed E-state index contributed by atoms with van der Waals surface area (Å²) in [7, 11) is -8.22. The van der Waals surface area contributed by atoms with E-state index >= 15 is 0 Å². The summed E-state index contributed by atoms with van der Waals surface area (Å²) in [5.74, 6) is -0.708. The topological polar surface area (TPSA) is 129 Å². The van der Waals surface area contributed by atoms with E-state index in [0.717, 1.165) is 46.7 Å². The molecule has 41 heavy (non-hydrogen) atoms. The van der Waals surface area contributed by atoms with Crippen LogP contribution in [-0.2, 0) is 26.8 Å². The third-order valence-electron chi connectivity index (χ3n) is 6.67. The Morgan fingerprint density at radius 1 is 0.976 bits per heavy atom. The molecule has 0 saturated carbocycles. The van der Waals surface area contributed by atoms with Crippen molar-refractivity contribution in [2.75, 3.05) is 23.0 Å². The number of benzene rings is 2. The third-order valence-corrected chi connectivity index (χ3v) is 11.4. The molecule has 0 saturated heterocycles. The smallest absolute Gasteiger partial charge is 0.265 e. The van der Waals surface area contributed by atoms with Crippen LogP contribution in [0.15, 0.2) is 74.5 Å². The first kappa shape index (κ1) is 28.4. The maximum absolute atomic E-state index is 11.5. The molecule has 0 atom stereocenters. The molecule has 3 aromatic heterocycles. The molecule has 2 N–H and O–H groups in total. The highest BCUT2D eigenvalue weighted by Gasteiger charge is 2.30. The van der Waals surface area contributed by atoms with Gasteiger partial charge in [0.15, 0.2) is 6.54 Å². The molecule has 1 aliphatic heterocycles. The molecule has 0 radical (unpaired) electrons. The normalized spacial score (nSPS) is 15.0. The van der Waals surface area contributed by atoms with Gasteiger partial charge in [-0.3, -0.25) is 9.11 Å². The highest BCUT2D eigenvalue weighted by atomic mass is 32.2. The van der Waals surface area contributed by atoms with Crippen LogP contribution in [0.4, 0.5) is 5.69 Å². The highest BCUT2D eigenvalue weighted by molar-refractivity contribution is 8.04. The second-order valence-corrected chi connectivity index (χ2v) is 15.7. The molecule has 6 rings (SSSR count). The van der Waals surface area contributed by atoms with Crippen molar-refractivity contribution >= 4 is 87.6 Å². The highest BCUT2D eigenvalue weighted by Crippen LogP contribution is 2.48. The molecule has 214 valence electrons. The van der Waals surface area contributed by atoms with Gasteiger partial charge in [0, 0.05) is 22.7 Å². The van der Waals surface area contributed by atoms with Crippen molar-refractivity contribution in [3.8, 4) is 10.4 Å². The second-order valence-electron chi connectivity index (χ2n) is 9.51. The summed E-state index contributed by atoms with van der Waals surface area (Å²) < 4.78 is 73.2. The lowest BCUT2D eigenvalue weighted by Crippen LogP contribution is -2.36. The van der Waals surface area contributed by atoms with E-state index in [1.807, 2.05) is 40.3 Å². The fourth-order valence-electron chi connectivity index (χ4n) is 4.93. The van der Waals surface area contributed by atoms with Crippen LogP contribution < -0.4 is 9.47 Å². The maximum Gasteiger partial charge on any atom is 0.265 e. The lowest BCUT2D eigenvalue weighted by molar-refractivity contribution is -0.667. The van der Waals surface area contributed by atoms with Crippen LogP contribution in [0.3, 0.4) is 0 Å². The maximum atomic E-state index is 11.5. The fraction of sp³-hybridized carbons (Fsp3) is 0.222. The Bertz CT molecular complexity index is 1990. The summed E-state index contributed by atoms with van der Waals surface area (Å²) >= 11 is 4.77. The minimum Gasteiger partial charge on any atom is -0.464 e. The van der Waals surface area contributed by atoms with Gasteiger partial charge in [-0.25, -0.2) is 0 Å². The zero-order chi connectivity index (χ0) is 28.8. The molecule has 0 spiro atoms. The monoisotopic (exact) mass is 649 g/mol. The van der Waals surface area contributed by atoms with Crippen molar-refractivity contribution in [2.24, 2.45) is 0 Å². The Morgan fingerprint density at radius 3 is 2.54 bits per heavy atom. The lowest BCUT2D eigenvalue weighted by atomic mass is 10.1. The van der Waals surface area contributed by atoms with Crippen LogP contribution in [0.2, 0.25) is 0 Å². The van der Waals surface area contributed by atoms with E-state index in [-0.39, 0.29) is 24.3 Å². The average Bonchev–Trinajstić information content (AvgIpc) is 3.69. The van der Waals surface area contributed by atoms with Crippen LogP contribution in [0, 0.1) is 0 Å². The minimum atomic E-state index is -4.11. The molecule has 14 heteroatoms. The molecular formula is C27H25N2O7S5+. The number of furan rings is 1. The van der Waals surface area contributed by atoms with Crippen LogP contribution in [0.5, 0.6) is 0 Å². The molecular weight excluding hydrogens is 625 g/mol. The van der Waals surface area contributed by atoms with E-state index < -0.39 is 20.2 Å². The number of aromatic nitrogens is 1. The average molecular weight is 650 g/mol. The van der Waals surface area contributed by atoms with Gasteiger partial charge >= 0.3 is 0 Å². The van der Waals surface area contributed by atoms with Gasteiger partial charge in [0.1, 0.15) is 10.3 Å². The molecule has 4 heterocycles. The van der Waals surface area contributed by atoms with Gasteiger partial charge in [-0.1, -0.05) is 35.2 Å².